The summed E-state index contributed by atoms with van der Waals surface area (Å²) in [4.78, 5) is 11.8. The normalized spacial score (nSPS) is 18.1. The number of carbonyl (C=O) groups is 1. The van der Waals surface area contributed by atoms with Gasteiger partial charge in [-0.05, 0) is 51.0 Å². The van der Waals surface area contributed by atoms with E-state index in [0.717, 1.165) is 31.1 Å². The number of amides is 1. The second-order valence-electron chi connectivity index (χ2n) is 6.10. The highest BCUT2D eigenvalue weighted by molar-refractivity contribution is 7.92. The molecule has 128 valence electrons. The van der Waals surface area contributed by atoms with Gasteiger partial charge in [-0.15, -0.1) is 0 Å². The Morgan fingerprint density at radius 2 is 2.22 bits per heavy atom. The first-order valence-corrected chi connectivity index (χ1v) is 9.46. The van der Waals surface area contributed by atoms with E-state index < -0.39 is 20.5 Å². The molecule has 0 fully saturated rings. The van der Waals surface area contributed by atoms with E-state index in [1.807, 2.05) is 0 Å². The molecule has 1 aromatic heterocycles. The van der Waals surface area contributed by atoms with E-state index in [1.54, 1.807) is 6.07 Å². The lowest BCUT2D eigenvalue weighted by Gasteiger charge is -2.24. The average molecular weight is 342 g/mol. The van der Waals surface area contributed by atoms with Crippen molar-refractivity contribution in [2.24, 2.45) is 0 Å². The fraction of sp³-hybridized carbons (Fsp3) is 0.600. The summed E-state index contributed by atoms with van der Waals surface area (Å²) in [5.41, 5.74) is 3.14. The average Bonchev–Trinajstić information content (AvgIpc) is 3.00. The van der Waals surface area contributed by atoms with Gasteiger partial charge in [0.25, 0.3) is 5.91 Å². The van der Waals surface area contributed by atoms with Crippen molar-refractivity contribution in [2.45, 2.75) is 50.2 Å². The predicted molar refractivity (Wildman–Crippen MR) is 84.4 cm³/mol. The number of hydrogen-bond acceptors (Lipinski definition) is 6. The molecule has 23 heavy (non-hydrogen) atoms. The van der Waals surface area contributed by atoms with Gasteiger partial charge in [-0.3, -0.25) is 10.0 Å². The lowest BCUT2D eigenvalue weighted by atomic mass is 9.97. The highest BCUT2D eigenvalue weighted by atomic mass is 32.2. The molecule has 7 nitrogen and oxygen atoms in total. The Bertz CT molecular complexity index is 707. The molecule has 1 aromatic rings. The minimum atomic E-state index is -3.70. The van der Waals surface area contributed by atoms with E-state index in [2.05, 4.69) is 11.2 Å². The van der Waals surface area contributed by atoms with Gasteiger partial charge in [0, 0.05) is 12.3 Å². The van der Waals surface area contributed by atoms with Crippen LogP contribution in [-0.2, 0) is 21.1 Å². The zero-order valence-corrected chi connectivity index (χ0v) is 14.1. The minimum Gasteiger partial charge on any atom is -0.356 e. The third-order valence-corrected chi connectivity index (χ3v) is 6.45. The molecule has 0 bridgehead atoms. The number of sulfone groups is 1. The Hall–Kier alpha value is -1.67. The van der Waals surface area contributed by atoms with Gasteiger partial charge < -0.3 is 4.52 Å². The van der Waals surface area contributed by atoms with Crippen LogP contribution in [0.1, 0.15) is 50.5 Å². The van der Waals surface area contributed by atoms with E-state index in [-0.39, 0.29) is 12.8 Å². The quantitative estimate of drug-likeness (QED) is 0.603. The van der Waals surface area contributed by atoms with Crippen molar-refractivity contribution in [3.8, 4) is 0 Å². The summed E-state index contributed by atoms with van der Waals surface area (Å²) in [5, 5.41) is 12.8. The van der Waals surface area contributed by atoms with Gasteiger partial charge in [-0.25, -0.2) is 13.9 Å². The van der Waals surface area contributed by atoms with Gasteiger partial charge in [-0.2, -0.15) is 0 Å². The van der Waals surface area contributed by atoms with E-state index in [4.69, 9.17) is 9.73 Å². The Morgan fingerprint density at radius 1 is 1.48 bits per heavy atom. The fourth-order valence-corrected chi connectivity index (χ4v) is 3.45. The van der Waals surface area contributed by atoms with Crippen molar-refractivity contribution < 1.29 is 22.9 Å². The van der Waals surface area contributed by atoms with Crippen LogP contribution in [0.2, 0.25) is 0 Å². The number of hydroxylamine groups is 1. The first-order valence-electron chi connectivity index (χ1n) is 7.57. The highest BCUT2D eigenvalue weighted by Gasteiger charge is 2.43. The molecule has 0 saturated carbocycles. The molecule has 0 spiro atoms. The number of aromatic nitrogens is 1. The van der Waals surface area contributed by atoms with E-state index in [9.17, 15) is 13.2 Å². The Morgan fingerprint density at radius 3 is 2.78 bits per heavy atom. The molecule has 1 amide bonds. The van der Waals surface area contributed by atoms with Crippen molar-refractivity contribution in [2.75, 3.05) is 6.26 Å². The molecule has 1 aliphatic rings. The maximum absolute atomic E-state index is 11.9. The summed E-state index contributed by atoms with van der Waals surface area (Å²) in [5.74, 6) is -0.244. The molecule has 0 unspecified atom stereocenters. The standard InChI is InChI=1S/C15H22N2O5S/c1-15(14(18)16-19,23(2,20)21)9-8-12-10-13(22-17-12)11-6-4-3-5-7-11/h6,10,19H,3-5,7-9H2,1-2H3,(H,16,18)/t15-/m1/s1. The van der Waals surface area contributed by atoms with Crippen LogP contribution in [0.4, 0.5) is 0 Å². The maximum atomic E-state index is 11.9. The molecular formula is C15H22N2O5S. The predicted octanol–water partition coefficient (Wildman–Crippen LogP) is 1.87. The number of hydrogen-bond donors (Lipinski definition) is 2. The first kappa shape index (κ1) is 17.7. The molecule has 8 heteroatoms. The van der Waals surface area contributed by atoms with Crippen LogP contribution in [0, 0.1) is 0 Å². The topological polar surface area (TPSA) is 110 Å². The molecule has 0 aromatic carbocycles. The zero-order chi connectivity index (χ0) is 17.1. The Balaban J connectivity index is 2.12. The van der Waals surface area contributed by atoms with Gasteiger partial charge in [0.1, 0.15) is 4.75 Å². The van der Waals surface area contributed by atoms with Crippen LogP contribution in [0.3, 0.4) is 0 Å². The monoisotopic (exact) mass is 342 g/mol. The van der Waals surface area contributed by atoms with E-state index >= 15 is 0 Å². The van der Waals surface area contributed by atoms with Gasteiger partial charge in [-0.1, -0.05) is 11.2 Å². The third-order valence-electron chi connectivity index (χ3n) is 4.42. The van der Waals surface area contributed by atoms with Crippen molar-refractivity contribution in [3.63, 3.8) is 0 Å². The highest BCUT2D eigenvalue weighted by Crippen LogP contribution is 2.28. The summed E-state index contributed by atoms with van der Waals surface area (Å²) >= 11 is 0. The molecule has 1 aliphatic carbocycles. The van der Waals surface area contributed by atoms with Crippen LogP contribution >= 0.6 is 0 Å². The zero-order valence-electron chi connectivity index (χ0n) is 13.3. The SMILES string of the molecule is C[C@@](CCc1cc(C2=CCCCC2)on1)(C(=O)NO)S(C)(=O)=O. The van der Waals surface area contributed by atoms with Gasteiger partial charge >= 0.3 is 0 Å². The third kappa shape index (κ3) is 3.81. The minimum absolute atomic E-state index is 0.00322. The van der Waals surface area contributed by atoms with Crippen LogP contribution in [0.25, 0.3) is 5.57 Å². The number of allylic oxidation sites excluding steroid dienone is 2. The number of carbonyl (C=O) groups excluding carboxylic acids is 1. The molecule has 1 atom stereocenters. The summed E-state index contributed by atoms with van der Waals surface area (Å²) in [6.45, 7) is 1.29. The summed E-state index contributed by atoms with van der Waals surface area (Å²) in [7, 11) is -3.70. The molecule has 0 aliphatic heterocycles. The molecule has 2 N–H and O–H groups in total. The van der Waals surface area contributed by atoms with Crippen LogP contribution in [0.15, 0.2) is 16.7 Å². The number of nitrogens with one attached hydrogen (secondary N) is 1. The van der Waals surface area contributed by atoms with E-state index in [0.29, 0.717) is 11.5 Å². The fourth-order valence-electron chi connectivity index (χ4n) is 2.60. The number of rotatable bonds is 6. The maximum Gasteiger partial charge on any atom is 0.264 e. The van der Waals surface area contributed by atoms with Crippen molar-refractivity contribution in [1.29, 1.82) is 0 Å². The van der Waals surface area contributed by atoms with Gasteiger partial charge in [0.05, 0.1) is 5.69 Å². The Kier molecular flexibility index (Phi) is 5.26. The second kappa shape index (κ2) is 6.84. The lowest BCUT2D eigenvalue weighted by Crippen LogP contribution is -2.49. The van der Waals surface area contributed by atoms with Gasteiger partial charge in [0.15, 0.2) is 15.6 Å². The lowest BCUT2D eigenvalue weighted by molar-refractivity contribution is -0.131. The van der Waals surface area contributed by atoms with Crippen molar-refractivity contribution >= 4 is 21.3 Å². The number of aryl methyl sites for hydroxylation is 1. The molecule has 1 heterocycles. The Labute approximate surface area is 135 Å². The van der Waals surface area contributed by atoms with Crippen molar-refractivity contribution in [1.82, 2.24) is 10.6 Å². The summed E-state index contributed by atoms with van der Waals surface area (Å²) in [6.07, 6.45) is 7.63. The van der Waals surface area contributed by atoms with Crippen molar-refractivity contribution in [3.05, 3.63) is 23.6 Å². The largest absolute Gasteiger partial charge is 0.356 e. The second-order valence-corrected chi connectivity index (χ2v) is 8.55. The first-order chi connectivity index (χ1) is 10.8. The summed E-state index contributed by atoms with van der Waals surface area (Å²) in [6, 6.07) is 1.79. The van der Waals surface area contributed by atoms with Crippen LogP contribution in [-0.4, -0.2) is 35.7 Å². The molecule has 0 radical (unpaired) electrons. The van der Waals surface area contributed by atoms with Crippen LogP contribution < -0.4 is 5.48 Å². The summed E-state index contributed by atoms with van der Waals surface area (Å²) < 4.78 is 27.4. The van der Waals surface area contributed by atoms with Crippen LogP contribution in [0.5, 0.6) is 0 Å². The smallest absolute Gasteiger partial charge is 0.264 e. The molecular weight excluding hydrogens is 320 g/mol. The van der Waals surface area contributed by atoms with E-state index in [1.165, 1.54) is 18.8 Å². The molecule has 0 saturated heterocycles. The molecule has 2 rings (SSSR count). The number of nitrogens with zero attached hydrogens (tertiary/aromatic N) is 1. The van der Waals surface area contributed by atoms with Gasteiger partial charge in [0.2, 0.25) is 0 Å².